The minimum Gasteiger partial charge on any atom is -0.298 e. The van der Waals surface area contributed by atoms with Crippen molar-refractivity contribution in [3.8, 4) is 0 Å². The molecule has 1 atom stereocenters. The van der Waals surface area contributed by atoms with E-state index >= 15 is 0 Å². The average molecular weight is 261 g/mol. The highest BCUT2D eigenvalue weighted by molar-refractivity contribution is 6.30. The van der Waals surface area contributed by atoms with Crippen LogP contribution in [-0.2, 0) is 4.79 Å². The molecule has 0 fully saturated rings. The lowest BCUT2D eigenvalue weighted by atomic mass is 10.0. The second-order valence-electron chi connectivity index (χ2n) is 5.05. The van der Waals surface area contributed by atoms with Crippen LogP contribution in [0.3, 0.4) is 0 Å². The fourth-order valence-corrected chi connectivity index (χ4v) is 2.17. The van der Waals surface area contributed by atoms with E-state index in [2.05, 4.69) is 6.92 Å². The first-order valence-corrected chi connectivity index (χ1v) is 7.76. The summed E-state index contributed by atoms with van der Waals surface area (Å²) in [6.45, 7) is 3.83. The van der Waals surface area contributed by atoms with Crippen molar-refractivity contribution >= 4 is 17.4 Å². The SMILES string of the molecule is CCCCCCCCCCCCC(Cl)C(C)=O. The van der Waals surface area contributed by atoms with E-state index in [-0.39, 0.29) is 11.2 Å². The monoisotopic (exact) mass is 260 g/mol. The Morgan fingerprint density at radius 2 is 1.29 bits per heavy atom. The minimum atomic E-state index is -0.246. The van der Waals surface area contributed by atoms with Crippen LogP contribution in [0.4, 0.5) is 0 Å². The van der Waals surface area contributed by atoms with Crippen LogP contribution >= 0.6 is 11.6 Å². The average Bonchev–Trinajstić information content (AvgIpc) is 2.31. The second kappa shape index (κ2) is 12.4. The number of rotatable bonds is 12. The van der Waals surface area contributed by atoms with Crippen molar-refractivity contribution in [1.29, 1.82) is 0 Å². The largest absolute Gasteiger partial charge is 0.298 e. The third-order valence-electron chi connectivity index (χ3n) is 3.25. The molecule has 0 aromatic carbocycles. The van der Waals surface area contributed by atoms with E-state index in [4.69, 9.17) is 11.6 Å². The molecule has 0 N–H and O–H groups in total. The van der Waals surface area contributed by atoms with Gasteiger partial charge in [0.05, 0.1) is 5.38 Å². The zero-order chi connectivity index (χ0) is 12.9. The van der Waals surface area contributed by atoms with Crippen LogP contribution in [0.15, 0.2) is 0 Å². The number of Topliss-reactive ketones (excluding diaryl/α,β-unsaturated/α-hetero) is 1. The van der Waals surface area contributed by atoms with Gasteiger partial charge in [-0.25, -0.2) is 0 Å². The molecule has 0 aromatic rings. The number of halogens is 1. The van der Waals surface area contributed by atoms with Gasteiger partial charge in [0.2, 0.25) is 0 Å². The normalized spacial score (nSPS) is 12.6. The third-order valence-corrected chi connectivity index (χ3v) is 3.78. The van der Waals surface area contributed by atoms with Crippen molar-refractivity contribution in [2.75, 3.05) is 0 Å². The molecule has 1 nitrogen and oxygen atoms in total. The summed E-state index contributed by atoms with van der Waals surface area (Å²) in [5.41, 5.74) is 0. The van der Waals surface area contributed by atoms with Gasteiger partial charge >= 0.3 is 0 Å². The molecule has 0 amide bonds. The molecule has 0 aliphatic heterocycles. The summed E-state index contributed by atoms with van der Waals surface area (Å²) in [7, 11) is 0. The molecule has 0 aromatic heterocycles. The number of hydrogen-bond acceptors (Lipinski definition) is 1. The fourth-order valence-electron chi connectivity index (χ4n) is 2.01. The Morgan fingerprint density at radius 1 is 0.882 bits per heavy atom. The first kappa shape index (κ1) is 17.0. The molecule has 17 heavy (non-hydrogen) atoms. The summed E-state index contributed by atoms with van der Waals surface area (Å²) in [6.07, 6.45) is 14.1. The van der Waals surface area contributed by atoms with E-state index in [1.807, 2.05) is 0 Å². The van der Waals surface area contributed by atoms with E-state index < -0.39 is 0 Å². The van der Waals surface area contributed by atoms with Crippen molar-refractivity contribution in [2.45, 2.75) is 89.9 Å². The molecular weight excluding hydrogens is 232 g/mol. The number of unbranched alkanes of at least 4 members (excludes halogenated alkanes) is 9. The zero-order valence-electron chi connectivity index (χ0n) is 11.6. The molecule has 2 heteroatoms. The Bertz CT molecular complexity index is 180. The van der Waals surface area contributed by atoms with Gasteiger partial charge in [-0.15, -0.1) is 11.6 Å². The van der Waals surface area contributed by atoms with Crippen LogP contribution in [-0.4, -0.2) is 11.2 Å². The summed E-state index contributed by atoms with van der Waals surface area (Å²) in [5.74, 6) is 0.114. The number of hydrogen-bond donors (Lipinski definition) is 0. The number of carbonyl (C=O) groups is 1. The molecule has 0 aliphatic carbocycles. The van der Waals surface area contributed by atoms with Crippen LogP contribution in [0, 0.1) is 0 Å². The summed E-state index contributed by atoms with van der Waals surface area (Å²) < 4.78 is 0. The lowest BCUT2D eigenvalue weighted by molar-refractivity contribution is -0.116. The first-order valence-electron chi connectivity index (χ1n) is 7.33. The highest BCUT2D eigenvalue weighted by atomic mass is 35.5. The fraction of sp³-hybridized carbons (Fsp3) is 0.933. The van der Waals surface area contributed by atoms with Gasteiger partial charge in [-0.3, -0.25) is 4.79 Å². The molecule has 1 unspecified atom stereocenters. The van der Waals surface area contributed by atoms with Gasteiger partial charge in [-0.1, -0.05) is 71.1 Å². The number of alkyl halides is 1. The van der Waals surface area contributed by atoms with Crippen LogP contribution in [0.25, 0.3) is 0 Å². The standard InChI is InChI=1S/C15H29ClO/c1-3-4-5-6-7-8-9-10-11-12-13-15(16)14(2)17/h15H,3-13H2,1-2H3. The topological polar surface area (TPSA) is 17.1 Å². The maximum Gasteiger partial charge on any atom is 0.147 e. The molecule has 102 valence electrons. The van der Waals surface area contributed by atoms with Crippen LogP contribution in [0.1, 0.15) is 84.5 Å². The Hall–Kier alpha value is -0.0400. The third kappa shape index (κ3) is 12.2. The molecular formula is C15H29ClO. The predicted molar refractivity (Wildman–Crippen MR) is 76.8 cm³/mol. The van der Waals surface area contributed by atoms with Gasteiger partial charge in [-0.05, 0) is 13.3 Å². The van der Waals surface area contributed by atoms with Gasteiger partial charge in [0, 0.05) is 0 Å². The zero-order valence-corrected chi connectivity index (χ0v) is 12.4. The number of carbonyl (C=O) groups excluding carboxylic acids is 1. The summed E-state index contributed by atoms with van der Waals surface area (Å²) in [4.78, 5) is 10.9. The van der Waals surface area contributed by atoms with Gasteiger partial charge in [0.15, 0.2) is 0 Å². The number of ketones is 1. The highest BCUT2D eigenvalue weighted by Gasteiger charge is 2.08. The first-order chi connectivity index (χ1) is 8.18. The van der Waals surface area contributed by atoms with E-state index in [9.17, 15) is 4.79 Å². The molecule has 0 heterocycles. The Morgan fingerprint density at radius 3 is 1.71 bits per heavy atom. The van der Waals surface area contributed by atoms with Crippen molar-refractivity contribution in [1.82, 2.24) is 0 Å². The van der Waals surface area contributed by atoms with E-state index in [0.29, 0.717) is 0 Å². The van der Waals surface area contributed by atoms with E-state index in [1.165, 1.54) is 57.8 Å². The molecule has 0 spiro atoms. The maximum absolute atomic E-state index is 10.9. The summed E-state index contributed by atoms with van der Waals surface area (Å²) >= 11 is 5.88. The molecule has 0 aliphatic rings. The Kier molecular flexibility index (Phi) is 12.4. The maximum atomic E-state index is 10.9. The summed E-state index contributed by atoms with van der Waals surface area (Å²) in [6, 6.07) is 0. The molecule has 0 rings (SSSR count). The minimum absolute atomic E-state index is 0.114. The van der Waals surface area contributed by atoms with Gasteiger partial charge < -0.3 is 0 Å². The van der Waals surface area contributed by atoms with Crippen LogP contribution in [0.5, 0.6) is 0 Å². The predicted octanol–water partition coefficient (Wildman–Crippen LogP) is 5.49. The quantitative estimate of drug-likeness (QED) is 0.335. The van der Waals surface area contributed by atoms with Crippen molar-refractivity contribution in [3.05, 3.63) is 0 Å². The summed E-state index contributed by atoms with van der Waals surface area (Å²) in [5, 5.41) is -0.246. The highest BCUT2D eigenvalue weighted by Crippen LogP contribution is 2.13. The lowest BCUT2D eigenvalue weighted by Gasteiger charge is -2.05. The van der Waals surface area contributed by atoms with Crippen molar-refractivity contribution in [3.63, 3.8) is 0 Å². The van der Waals surface area contributed by atoms with Gasteiger partial charge in [0.25, 0.3) is 0 Å². The Balaban J connectivity index is 3.06. The van der Waals surface area contributed by atoms with Gasteiger partial charge in [0.1, 0.15) is 5.78 Å². The second-order valence-corrected chi connectivity index (χ2v) is 5.58. The molecule has 0 saturated carbocycles. The van der Waals surface area contributed by atoms with E-state index in [0.717, 1.165) is 12.8 Å². The van der Waals surface area contributed by atoms with Crippen molar-refractivity contribution < 1.29 is 4.79 Å². The lowest BCUT2D eigenvalue weighted by Crippen LogP contribution is -2.09. The Labute approximate surface area is 112 Å². The molecule has 0 bridgehead atoms. The van der Waals surface area contributed by atoms with Crippen LogP contribution in [0.2, 0.25) is 0 Å². The smallest absolute Gasteiger partial charge is 0.147 e. The van der Waals surface area contributed by atoms with Crippen LogP contribution < -0.4 is 0 Å². The molecule has 0 radical (unpaired) electrons. The molecule has 0 saturated heterocycles. The van der Waals surface area contributed by atoms with Gasteiger partial charge in [-0.2, -0.15) is 0 Å². The van der Waals surface area contributed by atoms with Crippen molar-refractivity contribution in [2.24, 2.45) is 0 Å². The van der Waals surface area contributed by atoms with E-state index in [1.54, 1.807) is 6.92 Å².